The number of nitrogens with zero attached hydrogens (tertiary/aromatic N) is 1. The number of carbonyl (C=O) groups excluding carboxylic acids is 2. The second-order valence-electron chi connectivity index (χ2n) is 7.26. The lowest BCUT2D eigenvalue weighted by molar-refractivity contribution is -0.152. The van der Waals surface area contributed by atoms with Gasteiger partial charge in [-0.2, -0.15) is 0 Å². The summed E-state index contributed by atoms with van der Waals surface area (Å²) in [6.07, 6.45) is 8.65. The van der Waals surface area contributed by atoms with Gasteiger partial charge in [0.25, 0.3) is 0 Å². The van der Waals surface area contributed by atoms with E-state index in [1.165, 1.54) is 7.11 Å². The van der Waals surface area contributed by atoms with Gasteiger partial charge in [-0.15, -0.1) is 0 Å². The van der Waals surface area contributed by atoms with E-state index in [1.54, 1.807) is 4.90 Å². The van der Waals surface area contributed by atoms with Crippen LogP contribution in [0.5, 0.6) is 0 Å². The van der Waals surface area contributed by atoms with E-state index >= 15 is 0 Å². The molecule has 5 nitrogen and oxygen atoms in total. The summed E-state index contributed by atoms with van der Waals surface area (Å²) in [5.41, 5.74) is 3.12. The van der Waals surface area contributed by atoms with Crippen molar-refractivity contribution in [2.24, 2.45) is 0 Å². The fourth-order valence-electron chi connectivity index (χ4n) is 5.00. The number of esters is 1. The van der Waals surface area contributed by atoms with Crippen molar-refractivity contribution in [3.63, 3.8) is 0 Å². The van der Waals surface area contributed by atoms with Crippen molar-refractivity contribution in [1.29, 1.82) is 0 Å². The molecule has 132 valence electrons. The normalized spacial score (nSPS) is 26.8. The van der Waals surface area contributed by atoms with Crippen LogP contribution in [0.15, 0.2) is 42.1 Å². The van der Waals surface area contributed by atoms with E-state index in [0.29, 0.717) is 19.3 Å². The number of hydrogen-bond acceptors (Lipinski definition) is 3. The van der Waals surface area contributed by atoms with Gasteiger partial charge in [0.15, 0.2) is 0 Å². The number of fused-ring (bicyclic) bond motifs is 4. The van der Waals surface area contributed by atoms with Crippen LogP contribution in [-0.4, -0.2) is 34.9 Å². The highest BCUT2D eigenvalue weighted by molar-refractivity contribution is 5.97. The number of carbonyl (C=O) groups is 2. The third-order valence-electron chi connectivity index (χ3n) is 6.10. The van der Waals surface area contributed by atoms with Crippen LogP contribution in [-0.2, 0) is 19.7 Å². The van der Waals surface area contributed by atoms with Crippen LogP contribution >= 0.6 is 0 Å². The Bertz CT molecular complexity index is 1000. The van der Waals surface area contributed by atoms with E-state index in [-0.39, 0.29) is 17.9 Å². The Morgan fingerprint density at radius 2 is 2.15 bits per heavy atom. The first-order valence-electron chi connectivity index (χ1n) is 9.04. The Morgan fingerprint density at radius 1 is 1.31 bits per heavy atom. The first-order valence-corrected chi connectivity index (χ1v) is 9.04. The number of H-pyrrole nitrogens is 1. The molecule has 5 rings (SSSR count). The van der Waals surface area contributed by atoms with Crippen molar-refractivity contribution in [2.45, 2.75) is 37.1 Å². The van der Waals surface area contributed by atoms with Gasteiger partial charge >= 0.3 is 5.97 Å². The predicted molar refractivity (Wildman–Crippen MR) is 98.2 cm³/mol. The zero-order valence-electron chi connectivity index (χ0n) is 14.6. The first-order chi connectivity index (χ1) is 12.7. The van der Waals surface area contributed by atoms with Crippen LogP contribution in [0, 0.1) is 0 Å². The minimum Gasteiger partial charge on any atom is -0.468 e. The van der Waals surface area contributed by atoms with Crippen molar-refractivity contribution in [1.82, 2.24) is 9.88 Å². The van der Waals surface area contributed by atoms with Crippen LogP contribution < -0.4 is 0 Å². The number of benzene rings is 1. The molecule has 1 aromatic heterocycles. The Hall–Kier alpha value is -2.82. The summed E-state index contributed by atoms with van der Waals surface area (Å²) in [7, 11) is 1.44. The van der Waals surface area contributed by atoms with Gasteiger partial charge in [0.05, 0.1) is 13.2 Å². The zero-order chi connectivity index (χ0) is 17.9. The van der Waals surface area contributed by atoms with E-state index in [0.717, 1.165) is 34.2 Å². The molecule has 1 amide bonds. The average Bonchev–Trinajstić information content (AvgIpc) is 2.97. The molecule has 3 heterocycles. The molecule has 1 aromatic carbocycles. The Labute approximate surface area is 151 Å². The molecule has 1 aliphatic carbocycles. The summed E-state index contributed by atoms with van der Waals surface area (Å²) < 4.78 is 5.31. The standard InChI is InChI=1S/C21H20N2O3/c1-26-20(25)21-11-4-5-13-8-9-17(24)23(19(13)21)12-10-15-14-6-2-3-7-16(14)22-18(15)21/h2-3,5-7,10,12,19,22H,4,8-9,11H2,1H3/t19-,21-/m0/s1. The van der Waals surface area contributed by atoms with Gasteiger partial charge in [0, 0.05) is 34.8 Å². The summed E-state index contributed by atoms with van der Waals surface area (Å²) in [5, 5.41) is 1.06. The van der Waals surface area contributed by atoms with E-state index in [4.69, 9.17) is 4.74 Å². The summed E-state index contributed by atoms with van der Waals surface area (Å²) in [5.74, 6) is -0.211. The van der Waals surface area contributed by atoms with Crippen LogP contribution in [0.1, 0.15) is 36.9 Å². The second kappa shape index (κ2) is 5.34. The smallest absolute Gasteiger partial charge is 0.320 e. The maximum absolute atomic E-state index is 13.2. The molecule has 2 aliphatic heterocycles. The van der Waals surface area contributed by atoms with Crippen molar-refractivity contribution in [3.05, 3.63) is 53.4 Å². The number of ether oxygens (including phenoxy) is 1. The molecule has 3 aliphatic rings. The highest BCUT2D eigenvalue weighted by Gasteiger charge is 2.57. The molecule has 2 atom stereocenters. The number of piperidine rings is 1. The van der Waals surface area contributed by atoms with Gasteiger partial charge in [0.1, 0.15) is 5.41 Å². The number of aromatic amines is 1. The molecular weight excluding hydrogens is 328 g/mol. The van der Waals surface area contributed by atoms with Gasteiger partial charge < -0.3 is 14.6 Å². The van der Waals surface area contributed by atoms with Crippen molar-refractivity contribution in [3.8, 4) is 0 Å². The number of para-hydroxylation sites is 1. The number of amides is 1. The highest BCUT2D eigenvalue weighted by Crippen LogP contribution is 2.50. The number of allylic oxidation sites excluding steroid dienone is 1. The number of aromatic nitrogens is 1. The second-order valence-corrected chi connectivity index (χ2v) is 7.26. The number of hydrogen-bond donors (Lipinski definition) is 1. The molecule has 0 radical (unpaired) electrons. The van der Waals surface area contributed by atoms with Gasteiger partial charge in [0.2, 0.25) is 5.91 Å². The molecular formula is C21H20N2O3. The SMILES string of the molecule is COC(=O)[C@@]12CCC=C3CCC(=O)N(C=Cc4c1[nH]c1ccccc41)[C@@H]32. The molecule has 0 unspecified atom stereocenters. The fourth-order valence-corrected chi connectivity index (χ4v) is 5.00. The van der Waals surface area contributed by atoms with Crippen LogP contribution in [0.25, 0.3) is 17.0 Å². The third-order valence-corrected chi connectivity index (χ3v) is 6.10. The maximum Gasteiger partial charge on any atom is 0.320 e. The fraction of sp³-hybridized carbons (Fsp3) is 0.333. The Balaban J connectivity index is 1.87. The van der Waals surface area contributed by atoms with E-state index in [1.807, 2.05) is 36.5 Å². The van der Waals surface area contributed by atoms with Gasteiger partial charge in [-0.1, -0.05) is 24.3 Å². The van der Waals surface area contributed by atoms with Gasteiger partial charge in [-0.25, -0.2) is 0 Å². The van der Waals surface area contributed by atoms with Crippen LogP contribution in [0.4, 0.5) is 0 Å². The molecule has 2 aromatic rings. The van der Waals surface area contributed by atoms with Crippen LogP contribution in [0.3, 0.4) is 0 Å². The third kappa shape index (κ3) is 1.80. The van der Waals surface area contributed by atoms with E-state index < -0.39 is 5.41 Å². The van der Waals surface area contributed by atoms with E-state index in [2.05, 4.69) is 11.1 Å². The van der Waals surface area contributed by atoms with Crippen molar-refractivity contribution >= 4 is 28.9 Å². The lowest BCUT2D eigenvalue weighted by Gasteiger charge is -2.47. The highest BCUT2D eigenvalue weighted by atomic mass is 16.5. The largest absolute Gasteiger partial charge is 0.468 e. The molecule has 1 fully saturated rings. The van der Waals surface area contributed by atoms with Gasteiger partial charge in [-0.05, 0) is 37.0 Å². The predicted octanol–water partition coefficient (Wildman–Crippen LogP) is 3.27. The molecule has 1 N–H and O–H groups in total. The maximum atomic E-state index is 13.2. The van der Waals surface area contributed by atoms with Crippen molar-refractivity contribution in [2.75, 3.05) is 7.11 Å². The summed E-state index contributed by atoms with van der Waals surface area (Å²) in [4.78, 5) is 31.2. The van der Waals surface area contributed by atoms with Crippen LogP contribution in [0.2, 0.25) is 0 Å². The Morgan fingerprint density at radius 3 is 3.00 bits per heavy atom. The lowest BCUT2D eigenvalue weighted by atomic mass is 9.65. The summed E-state index contributed by atoms with van der Waals surface area (Å²) >= 11 is 0. The molecule has 0 bridgehead atoms. The first kappa shape index (κ1) is 15.4. The molecule has 0 spiro atoms. The number of methoxy groups -OCH3 is 1. The molecule has 26 heavy (non-hydrogen) atoms. The quantitative estimate of drug-likeness (QED) is 0.635. The van der Waals surface area contributed by atoms with Gasteiger partial charge in [-0.3, -0.25) is 9.59 Å². The topological polar surface area (TPSA) is 62.4 Å². The molecule has 5 heteroatoms. The number of rotatable bonds is 1. The molecule has 0 saturated carbocycles. The minimum atomic E-state index is -0.896. The minimum absolute atomic E-state index is 0.0630. The molecule has 1 saturated heterocycles. The van der Waals surface area contributed by atoms with Crippen molar-refractivity contribution < 1.29 is 14.3 Å². The summed E-state index contributed by atoms with van der Waals surface area (Å²) in [6.45, 7) is 0. The van der Waals surface area contributed by atoms with E-state index in [9.17, 15) is 9.59 Å². The lowest BCUT2D eigenvalue weighted by Crippen LogP contribution is -2.59. The monoisotopic (exact) mass is 348 g/mol. The summed E-state index contributed by atoms with van der Waals surface area (Å²) in [6, 6.07) is 7.73. The average molecular weight is 348 g/mol. The number of nitrogens with one attached hydrogen (secondary N) is 1. The Kier molecular flexibility index (Phi) is 3.17. The zero-order valence-corrected chi connectivity index (χ0v) is 14.6.